The van der Waals surface area contributed by atoms with Gasteiger partial charge in [0.15, 0.2) is 11.6 Å². The van der Waals surface area contributed by atoms with Gasteiger partial charge in [-0.15, -0.1) is 0 Å². The highest BCUT2D eigenvalue weighted by Gasteiger charge is 2.20. The second-order valence-electron chi connectivity index (χ2n) is 9.06. The van der Waals surface area contributed by atoms with E-state index < -0.39 is 0 Å². The van der Waals surface area contributed by atoms with Crippen molar-refractivity contribution in [1.29, 1.82) is 0 Å². The van der Waals surface area contributed by atoms with E-state index >= 15 is 0 Å². The molecule has 0 spiro atoms. The van der Waals surface area contributed by atoms with E-state index in [9.17, 15) is 0 Å². The molecule has 0 unspecified atom stereocenters. The van der Waals surface area contributed by atoms with E-state index in [1.165, 1.54) is 0 Å². The molecule has 2 aromatic heterocycles. The largest absolute Gasteiger partial charge is 0.379 e. The van der Waals surface area contributed by atoms with Crippen molar-refractivity contribution >= 4 is 29.6 Å². The first-order chi connectivity index (χ1) is 17.2. The molecule has 2 aliphatic rings. The first kappa shape index (κ1) is 23.5. The Kier molecular flexibility index (Phi) is 7.67. The third-order valence-electron chi connectivity index (χ3n) is 6.45. The summed E-state index contributed by atoms with van der Waals surface area (Å²) >= 11 is 0. The van der Waals surface area contributed by atoms with Crippen LogP contribution in [0.3, 0.4) is 0 Å². The van der Waals surface area contributed by atoms with Crippen molar-refractivity contribution in [2.45, 2.75) is 6.92 Å². The van der Waals surface area contributed by atoms with Crippen LogP contribution in [-0.2, 0) is 4.74 Å². The van der Waals surface area contributed by atoms with Gasteiger partial charge in [-0.25, -0.2) is 9.97 Å². The summed E-state index contributed by atoms with van der Waals surface area (Å²) in [6, 6.07) is 14.2. The van der Waals surface area contributed by atoms with Crippen LogP contribution in [-0.4, -0.2) is 95.5 Å². The zero-order valence-corrected chi connectivity index (χ0v) is 20.4. The Balaban J connectivity index is 1.27. The molecule has 1 aromatic carbocycles. The van der Waals surface area contributed by atoms with Crippen molar-refractivity contribution in [3.63, 3.8) is 0 Å². The van der Waals surface area contributed by atoms with Gasteiger partial charge in [-0.2, -0.15) is 5.10 Å². The smallest absolute Gasteiger partial charge is 0.156 e. The fourth-order valence-corrected chi connectivity index (χ4v) is 4.41. The number of benzene rings is 1. The lowest BCUT2D eigenvalue weighted by Crippen LogP contribution is -2.49. The molecule has 0 bridgehead atoms. The van der Waals surface area contributed by atoms with Gasteiger partial charge in [0, 0.05) is 70.2 Å². The summed E-state index contributed by atoms with van der Waals surface area (Å²) in [5.41, 5.74) is 2.12. The molecule has 2 saturated heterocycles. The number of aromatic amines is 1. The van der Waals surface area contributed by atoms with Crippen molar-refractivity contribution in [2.75, 3.05) is 75.8 Å². The summed E-state index contributed by atoms with van der Waals surface area (Å²) in [5.74, 6) is 3.10. The molecule has 3 aromatic rings. The number of piperazine rings is 1. The zero-order valence-electron chi connectivity index (χ0n) is 20.4. The summed E-state index contributed by atoms with van der Waals surface area (Å²) in [4.78, 5) is 17.0. The highest BCUT2D eigenvalue weighted by atomic mass is 16.5. The van der Waals surface area contributed by atoms with E-state index in [1.54, 1.807) is 0 Å². The molecule has 4 heterocycles. The van der Waals surface area contributed by atoms with Gasteiger partial charge in [0.2, 0.25) is 0 Å². The molecule has 0 radical (unpaired) electrons. The highest BCUT2D eigenvalue weighted by Crippen LogP contribution is 2.21. The van der Waals surface area contributed by atoms with E-state index in [2.05, 4.69) is 42.3 Å². The molecular weight excluding hydrogens is 440 g/mol. The Bertz CT molecular complexity index is 1100. The number of H-pyrrole nitrogens is 1. The molecule has 2 fully saturated rings. The first-order valence-corrected chi connectivity index (χ1v) is 12.4. The van der Waals surface area contributed by atoms with Gasteiger partial charge in [0.1, 0.15) is 11.6 Å². The molecule has 35 heavy (non-hydrogen) atoms. The van der Waals surface area contributed by atoms with Crippen molar-refractivity contribution in [3.05, 3.63) is 59.5 Å². The van der Waals surface area contributed by atoms with Gasteiger partial charge in [-0.05, 0) is 18.6 Å². The average Bonchev–Trinajstić information content (AvgIpc) is 3.32. The van der Waals surface area contributed by atoms with Crippen LogP contribution >= 0.6 is 0 Å². The maximum Gasteiger partial charge on any atom is 0.156 e. The molecule has 184 valence electrons. The molecule has 9 heteroatoms. The topological polar surface area (TPSA) is 85.4 Å². The number of aryl methyl sites for hydroxylation is 1. The fraction of sp³-hybridized carbons (Fsp3) is 0.423. The number of hydrogen-bond acceptors (Lipinski definition) is 8. The van der Waals surface area contributed by atoms with Gasteiger partial charge in [0.25, 0.3) is 0 Å². The number of nitrogens with zero attached hydrogens (tertiary/aromatic N) is 6. The molecule has 9 nitrogen and oxygen atoms in total. The predicted octanol–water partition coefficient (Wildman–Crippen LogP) is 2.88. The van der Waals surface area contributed by atoms with E-state index in [4.69, 9.17) is 14.7 Å². The molecule has 2 N–H and O–H groups in total. The second-order valence-corrected chi connectivity index (χ2v) is 9.06. The number of nitrogens with one attached hydrogen (secondary N) is 2. The van der Waals surface area contributed by atoms with E-state index in [0.29, 0.717) is 5.82 Å². The number of hydrogen-bond donors (Lipinski definition) is 2. The fourth-order valence-electron chi connectivity index (χ4n) is 4.41. The number of morpholine rings is 1. The molecule has 5 rings (SSSR count). The summed E-state index contributed by atoms with van der Waals surface area (Å²) in [6.45, 7) is 12.0. The van der Waals surface area contributed by atoms with Crippen molar-refractivity contribution in [3.8, 4) is 0 Å². The Hall–Kier alpha value is -3.27. The molecule has 0 aliphatic carbocycles. The maximum absolute atomic E-state index is 5.47. The quantitative estimate of drug-likeness (QED) is 0.516. The Labute approximate surface area is 206 Å². The third kappa shape index (κ3) is 6.66. The van der Waals surface area contributed by atoms with Crippen LogP contribution in [0.1, 0.15) is 17.1 Å². The minimum absolute atomic E-state index is 0.677. The highest BCUT2D eigenvalue weighted by molar-refractivity contribution is 5.69. The molecule has 0 atom stereocenters. The minimum atomic E-state index is 0.677. The number of rotatable bonds is 8. The van der Waals surface area contributed by atoms with Gasteiger partial charge >= 0.3 is 0 Å². The summed E-state index contributed by atoms with van der Waals surface area (Å²) in [5, 5.41) is 10.6. The van der Waals surface area contributed by atoms with E-state index in [1.807, 2.05) is 49.4 Å². The third-order valence-corrected chi connectivity index (χ3v) is 6.45. The molecule has 0 amide bonds. The van der Waals surface area contributed by atoms with Crippen molar-refractivity contribution < 1.29 is 4.74 Å². The number of ether oxygens (including phenoxy) is 1. The normalized spacial score (nSPS) is 17.8. The van der Waals surface area contributed by atoms with Gasteiger partial charge in [0.05, 0.1) is 13.2 Å². The minimum Gasteiger partial charge on any atom is -0.379 e. The standard InChI is InChI=1S/C26H34N8O/c1-21-19-25(31-30-21)28-24-20-26(29-23(27-24)8-7-22-5-3-2-4-6-22)34-13-11-32(12-14-34)9-10-33-15-17-35-18-16-33/h2-8,19-20H,9-18H2,1H3,(H2,27,28,29,30,31). The van der Waals surface area contributed by atoms with E-state index in [0.717, 1.165) is 94.3 Å². The average molecular weight is 475 g/mol. The summed E-state index contributed by atoms with van der Waals surface area (Å²) < 4.78 is 5.47. The van der Waals surface area contributed by atoms with Crippen molar-refractivity contribution in [1.82, 2.24) is 30.0 Å². The Morgan fingerprint density at radius 1 is 0.886 bits per heavy atom. The SMILES string of the molecule is Cc1cc(Nc2cc(N3CCN(CCN4CCOCC4)CC3)nc(C=Cc3ccccc3)n2)n[nH]1. The van der Waals surface area contributed by atoms with Crippen LogP contribution in [0.4, 0.5) is 17.5 Å². The maximum atomic E-state index is 5.47. The predicted molar refractivity (Wildman–Crippen MR) is 140 cm³/mol. The van der Waals surface area contributed by atoms with Crippen LogP contribution in [0.5, 0.6) is 0 Å². The van der Waals surface area contributed by atoms with Gasteiger partial charge in [-0.1, -0.05) is 36.4 Å². The zero-order chi connectivity index (χ0) is 23.9. The summed E-state index contributed by atoms with van der Waals surface area (Å²) in [7, 11) is 0. The van der Waals surface area contributed by atoms with Crippen LogP contribution in [0, 0.1) is 6.92 Å². The molecule has 2 aliphatic heterocycles. The monoisotopic (exact) mass is 474 g/mol. The van der Waals surface area contributed by atoms with Crippen LogP contribution in [0.15, 0.2) is 42.5 Å². The summed E-state index contributed by atoms with van der Waals surface area (Å²) in [6.07, 6.45) is 4.02. The molecule has 0 saturated carbocycles. The van der Waals surface area contributed by atoms with Crippen LogP contribution in [0.2, 0.25) is 0 Å². The van der Waals surface area contributed by atoms with E-state index in [-0.39, 0.29) is 0 Å². The second kappa shape index (κ2) is 11.4. The Morgan fingerprint density at radius 2 is 1.63 bits per heavy atom. The number of anilines is 3. The number of aromatic nitrogens is 4. The molecular formula is C26H34N8O. The van der Waals surface area contributed by atoms with Crippen LogP contribution in [0.25, 0.3) is 12.2 Å². The van der Waals surface area contributed by atoms with Gasteiger partial charge < -0.3 is 15.0 Å². The first-order valence-electron chi connectivity index (χ1n) is 12.4. The lowest BCUT2D eigenvalue weighted by Gasteiger charge is -2.37. The lowest BCUT2D eigenvalue weighted by molar-refractivity contribution is 0.0331. The lowest BCUT2D eigenvalue weighted by atomic mass is 10.2. The Morgan fingerprint density at radius 3 is 2.34 bits per heavy atom. The van der Waals surface area contributed by atoms with Crippen molar-refractivity contribution in [2.24, 2.45) is 0 Å². The van der Waals surface area contributed by atoms with Crippen LogP contribution < -0.4 is 10.2 Å². The van der Waals surface area contributed by atoms with Gasteiger partial charge in [-0.3, -0.25) is 14.9 Å².